The van der Waals surface area contributed by atoms with Crippen molar-refractivity contribution in [3.63, 3.8) is 0 Å². The second-order valence-electron chi connectivity index (χ2n) is 6.02. The molecule has 0 aromatic carbocycles. The zero-order valence-electron chi connectivity index (χ0n) is 12.8. The van der Waals surface area contributed by atoms with Gasteiger partial charge in [0.1, 0.15) is 0 Å². The first-order valence-corrected chi connectivity index (χ1v) is 6.82. The summed E-state index contributed by atoms with van der Waals surface area (Å²) in [4.78, 5) is 0. The monoisotopic (exact) mass is 261 g/mol. The Labute approximate surface area is 112 Å². The van der Waals surface area contributed by atoms with Gasteiger partial charge in [-0.2, -0.15) is 0 Å². The van der Waals surface area contributed by atoms with Gasteiger partial charge in [-0.25, -0.2) is 0 Å². The Hall–Kier alpha value is -0.160. The maximum Gasteiger partial charge on any atom is 0.0897 e. The van der Waals surface area contributed by atoms with Crippen LogP contribution in [0.2, 0.25) is 0 Å². The van der Waals surface area contributed by atoms with Crippen molar-refractivity contribution in [1.29, 1.82) is 0 Å². The first kappa shape index (κ1) is 17.8. The molecular formula is C14H31NO3. The average molecular weight is 261 g/mol. The lowest BCUT2D eigenvalue weighted by Crippen LogP contribution is -2.41. The highest BCUT2D eigenvalue weighted by Crippen LogP contribution is 2.08. The van der Waals surface area contributed by atoms with Crippen LogP contribution in [0.1, 0.15) is 41.0 Å². The number of hydrogen-bond acceptors (Lipinski definition) is 4. The minimum Gasteiger partial charge on any atom is -0.389 e. The van der Waals surface area contributed by atoms with Gasteiger partial charge in [0.05, 0.1) is 24.4 Å². The molecule has 2 atom stereocenters. The molecule has 0 saturated carbocycles. The zero-order chi connectivity index (χ0) is 14.2. The molecule has 0 amide bonds. The maximum atomic E-state index is 9.77. The quantitative estimate of drug-likeness (QED) is 0.630. The lowest BCUT2D eigenvalue weighted by atomic mass is 10.1. The van der Waals surface area contributed by atoms with Crippen LogP contribution in [0.25, 0.3) is 0 Å². The fourth-order valence-electron chi connectivity index (χ4n) is 1.68. The lowest BCUT2D eigenvalue weighted by Gasteiger charge is -2.24. The number of aliphatic hydroxyl groups excluding tert-OH is 1. The molecule has 0 heterocycles. The van der Waals surface area contributed by atoms with Crippen LogP contribution >= 0.6 is 0 Å². The Morgan fingerprint density at radius 2 is 1.83 bits per heavy atom. The van der Waals surface area contributed by atoms with Crippen LogP contribution in [0.5, 0.6) is 0 Å². The van der Waals surface area contributed by atoms with Crippen LogP contribution in [0.4, 0.5) is 0 Å². The van der Waals surface area contributed by atoms with Gasteiger partial charge in [-0.15, -0.1) is 0 Å². The van der Waals surface area contributed by atoms with Crippen molar-refractivity contribution in [1.82, 2.24) is 5.32 Å². The summed E-state index contributed by atoms with van der Waals surface area (Å²) in [5.74, 6) is 0.623. The van der Waals surface area contributed by atoms with E-state index in [1.165, 1.54) is 0 Å². The number of aliphatic hydroxyl groups is 1. The second-order valence-corrected chi connectivity index (χ2v) is 6.02. The summed E-state index contributed by atoms with van der Waals surface area (Å²) in [5.41, 5.74) is -0.203. The highest BCUT2D eigenvalue weighted by Gasteiger charge is 2.16. The van der Waals surface area contributed by atoms with Crippen LogP contribution < -0.4 is 5.32 Å². The van der Waals surface area contributed by atoms with E-state index in [0.29, 0.717) is 25.6 Å². The number of rotatable bonds is 10. The van der Waals surface area contributed by atoms with Gasteiger partial charge in [-0.3, -0.25) is 0 Å². The topological polar surface area (TPSA) is 50.7 Å². The van der Waals surface area contributed by atoms with Crippen molar-refractivity contribution in [3.8, 4) is 0 Å². The standard InChI is InChI=1S/C14H31NO3/c1-11(2)7-12(3)18-9-13(16)8-15-10-14(4,5)17-6/h11-13,15-16H,7-10H2,1-6H3. The molecule has 0 aliphatic rings. The van der Waals surface area contributed by atoms with Crippen molar-refractivity contribution in [2.24, 2.45) is 5.92 Å². The SMILES string of the molecule is COC(C)(C)CNCC(O)COC(C)CC(C)C. The molecule has 2 unspecified atom stereocenters. The molecule has 0 aromatic rings. The average Bonchev–Trinajstić information content (AvgIpc) is 2.25. The number of ether oxygens (including phenoxy) is 2. The Balaban J connectivity index is 3.63. The van der Waals surface area contributed by atoms with Gasteiger partial charge in [0.15, 0.2) is 0 Å². The summed E-state index contributed by atoms with van der Waals surface area (Å²) in [7, 11) is 1.69. The van der Waals surface area contributed by atoms with E-state index in [4.69, 9.17) is 9.47 Å². The van der Waals surface area contributed by atoms with E-state index in [9.17, 15) is 5.11 Å². The van der Waals surface area contributed by atoms with Gasteiger partial charge in [0.25, 0.3) is 0 Å². The van der Waals surface area contributed by atoms with Crippen molar-refractivity contribution in [2.45, 2.75) is 58.8 Å². The highest BCUT2D eigenvalue weighted by molar-refractivity contribution is 4.72. The minimum absolute atomic E-state index is 0.203. The number of methoxy groups -OCH3 is 1. The normalized spacial score (nSPS) is 16.0. The zero-order valence-corrected chi connectivity index (χ0v) is 12.8. The molecule has 0 bridgehead atoms. The molecule has 4 nitrogen and oxygen atoms in total. The van der Waals surface area contributed by atoms with E-state index in [1.54, 1.807) is 7.11 Å². The molecule has 2 N–H and O–H groups in total. The molecule has 0 fully saturated rings. The predicted octanol–water partition coefficient (Wildman–Crippen LogP) is 1.81. The van der Waals surface area contributed by atoms with Gasteiger partial charge in [-0.05, 0) is 33.1 Å². The first-order valence-electron chi connectivity index (χ1n) is 6.82. The van der Waals surface area contributed by atoms with Crippen molar-refractivity contribution in [2.75, 3.05) is 26.8 Å². The Morgan fingerprint density at radius 3 is 2.33 bits per heavy atom. The number of hydrogen-bond donors (Lipinski definition) is 2. The number of nitrogens with one attached hydrogen (secondary N) is 1. The third-order valence-electron chi connectivity index (χ3n) is 2.86. The smallest absolute Gasteiger partial charge is 0.0897 e. The molecular weight excluding hydrogens is 230 g/mol. The van der Waals surface area contributed by atoms with Gasteiger partial charge in [-0.1, -0.05) is 13.8 Å². The summed E-state index contributed by atoms with van der Waals surface area (Å²) in [6.07, 6.45) is 0.763. The second kappa shape index (κ2) is 8.86. The van der Waals surface area contributed by atoms with E-state index in [2.05, 4.69) is 19.2 Å². The maximum absolute atomic E-state index is 9.77. The molecule has 0 saturated heterocycles. The van der Waals surface area contributed by atoms with E-state index >= 15 is 0 Å². The van der Waals surface area contributed by atoms with Crippen LogP contribution in [0, 0.1) is 5.92 Å². The van der Waals surface area contributed by atoms with Gasteiger partial charge >= 0.3 is 0 Å². The minimum atomic E-state index is -0.465. The Morgan fingerprint density at radius 1 is 1.22 bits per heavy atom. The largest absolute Gasteiger partial charge is 0.389 e. The highest BCUT2D eigenvalue weighted by atomic mass is 16.5. The Kier molecular flexibility index (Phi) is 8.78. The molecule has 0 aliphatic carbocycles. The summed E-state index contributed by atoms with van der Waals surface area (Å²) < 4.78 is 10.9. The van der Waals surface area contributed by atoms with E-state index in [1.807, 2.05) is 20.8 Å². The van der Waals surface area contributed by atoms with E-state index in [-0.39, 0.29) is 11.7 Å². The molecule has 110 valence electrons. The molecule has 0 spiro atoms. The van der Waals surface area contributed by atoms with Crippen LogP contribution in [-0.2, 0) is 9.47 Å². The van der Waals surface area contributed by atoms with Crippen LogP contribution in [0.15, 0.2) is 0 Å². The third-order valence-corrected chi connectivity index (χ3v) is 2.86. The molecule has 0 aliphatic heterocycles. The van der Waals surface area contributed by atoms with Gasteiger partial charge in [0, 0.05) is 20.2 Å². The molecule has 18 heavy (non-hydrogen) atoms. The van der Waals surface area contributed by atoms with Crippen molar-refractivity contribution in [3.05, 3.63) is 0 Å². The fourth-order valence-corrected chi connectivity index (χ4v) is 1.68. The van der Waals surface area contributed by atoms with E-state index < -0.39 is 6.10 Å². The lowest BCUT2D eigenvalue weighted by molar-refractivity contribution is -0.0136. The van der Waals surface area contributed by atoms with Crippen LogP contribution in [-0.4, -0.2) is 49.7 Å². The van der Waals surface area contributed by atoms with Crippen LogP contribution in [0.3, 0.4) is 0 Å². The predicted molar refractivity (Wildman–Crippen MR) is 74.8 cm³/mol. The first-order chi connectivity index (χ1) is 8.26. The summed E-state index contributed by atoms with van der Waals surface area (Å²) in [5, 5.41) is 13.0. The van der Waals surface area contributed by atoms with Crippen molar-refractivity contribution < 1.29 is 14.6 Å². The fraction of sp³-hybridized carbons (Fsp3) is 1.00. The molecule has 0 radical (unpaired) electrons. The van der Waals surface area contributed by atoms with Gasteiger partial charge in [0.2, 0.25) is 0 Å². The third kappa shape index (κ3) is 9.83. The van der Waals surface area contributed by atoms with Gasteiger partial charge < -0.3 is 19.9 Å². The Bertz CT molecular complexity index is 207. The molecule has 0 aromatic heterocycles. The van der Waals surface area contributed by atoms with E-state index in [0.717, 1.165) is 6.42 Å². The summed E-state index contributed by atoms with van der Waals surface area (Å²) >= 11 is 0. The van der Waals surface area contributed by atoms with Crippen molar-refractivity contribution >= 4 is 0 Å². The molecule has 0 rings (SSSR count). The molecule has 4 heteroatoms. The summed E-state index contributed by atoms with van der Waals surface area (Å²) in [6.45, 7) is 12.0. The summed E-state index contributed by atoms with van der Waals surface area (Å²) in [6, 6.07) is 0.